The summed E-state index contributed by atoms with van der Waals surface area (Å²) in [7, 11) is 0. The van der Waals surface area contributed by atoms with E-state index in [0.29, 0.717) is 5.92 Å². The predicted octanol–water partition coefficient (Wildman–Crippen LogP) is 3.72. The summed E-state index contributed by atoms with van der Waals surface area (Å²) < 4.78 is 6.11. The Morgan fingerprint density at radius 2 is 2.33 bits per heavy atom. The summed E-state index contributed by atoms with van der Waals surface area (Å²) in [5.74, 6) is 4.05. The molecule has 116 valence electrons. The standard InChI is InChI=1S/C17H25NOS2/c1-13-4-2-3-5-16(13)21-11-15(18)14-6-8-19-17(10-14)7-9-20-12-17/h2-5,14-15H,6-12,18H2,1H3. The molecule has 3 atom stereocenters. The van der Waals surface area contributed by atoms with Crippen LogP contribution in [0.3, 0.4) is 0 Å². The lowest BCUT2D eigenvalue weighted by atomic mass is 9.82. The maximum absolute atomic E-state index is 6.51. The van der Waals surface area contributed by atoms with Crippen molar-refractivity contribution in [2.45, 2.75) is 42.7 Å². The fourth-order valence-electron chi connectivity index (χ4n) is 3.33. The molecule has 2 N–H and O–H groups in total. The van der Waals surface area contributed by atoms with Gasteiger partial charge in [-0.05, 0) is 49.5 Å². The van der Waals surface area contributed by atoms with Gasteiger partial charge in [-0.1, -0.05) is 18.2 Å². The zero-order valence-electron chi connectivity index (χ0n) is 12.7. The van der Waals surface area contributed by atoms with Crippen molar-refractivity contribution >= 4 is 23.5 Å². The minimum absolute atomic E-state index is 0.151. The first-order valence-electron chi connectivity index (χ1n) is 7.84. The average molecular weight is 324 g/mol. The lowest BCUT2D eigenvalue weighted by Gasteiger charge is -2.40. The van der Waals surface area contributed by atoms with Crippen LogP contribution in [-0.2, 0) is 4.74 Å². The Morgan fingerprint density at radius 3 is 3.10 bits per heavy atom. The molecule has 3 unspecified atom stereocenters. The molecule has 0 aromatic heterocycles. The number of rotatable bonds is 4. The van der Waals surface area contributed by atoms with Gasteiger partial charge in [-0.15, -0.1) is 11.8 Å². The van der Waals surface area contributed by atoms with E-state index in [4.69, 9.17) is 10.5 Å². The molecule has 2 aliphatic rings. The second-order valence-electron chi connectivity index (χ2n) is 6.33. The van der Waals surface area contributed by atoms with E-state index in [9.17, 15) is 0 Å². The van der Waals surface area contributed by atoms with Gasteiger partial charge in [0.2, 0.25) is 0 Å². The topological polar surface area (TPSA) is 35.2 Å². The largest absolute Gasteiger partial charge is 0.374 e. The molecule has 0 radical (unpaired) electrons. The van der Waals surface area contributed by atoms with E-state index >= 15 is 0 Å². The molecule has 4 heteroatoms. The summed E-state index contributed by atoms with van der Waals surface area (Å²) in [5.41, 5.74) is 8.02. The predicted molar refractivity (Wildman–Crippen MR) is 93.2 cm³/mol. The van der Waals surface area contributed by atoms with Gasteiger partial charge in [0, 0.05) is 29.0 Å². The van der Waals surface area contributed by atoms with Gasteiger partial charge in [0.15, 0.2) is 0 Å². The Bertz CT molecular complexity index is 474. The number of nitrogens with two attached hydrogens (primary N) is 1. The second kappa shape index (κ2) is 6.95. The maximum Gasteiger partial charge on any atom is 0.0783 e. The van der Waals surface area contributed by atoms with Crippen LogP contribution in [0.25, 0.3) is 0 Å². The number of hydrogen-bond acceptors (Lipinski definition) is 4. The van der Waals surface area contributed by atoms with Crippen LogP contribution in [0.5, 0.6) is 0 Å². The van der Waals surface area contributed by atoms with E-state index < -0.39 is 0 Å². The molecule has 0 bridgehead atoms. The normalized spacial score (nSPS) is 30.7. The van der Waals surface area contributed by atoms with Gasteiger partial charge in [-0.25, -0.2) is 0 Å². The van der Waals surface area contributed by atoms with Gasteiger partial charge in [-0.2, -0.15) is 11.8 Å². The molecule has 1 aromatic carbocycles. The Hall–Kier alpha value is -0.160. The lowest BCUT2D eigenvalue weighted by molar-refractivity contribution is -0.0820. The van der Waals surface area contributed by atoms with E-state index in [1.807, 2.05) is 23.5 Å². The van der Waals surface area contributed by atoms with Gasteiger partial charge in [0.05, 0.1) is 5.60 Å². The van der Waals surface area contributed by atoms with E-state index in [1.165, 1.54) is 28.4 Å². The summed E-state index contributed by atoms with van der Waals surface area (Å²) >= 11 is 3.94. The molecule has 2 saturated heterocycles. The van der Waals surface area contributed by atoms with Crippen LogP contribution in [0.4, 0.5) is 0 Å². The van der Waals surface area contributed by atoms with Gasteiger partial charge in [0.25, 0.3) is 0 Å². The SMILES string of the molecule is Cc1ccccc1SCC(N)C1CCOC2(CCSC2)C1. The number of benzene rings is 1. The fraction of sp³-hybridized carbons (Fsp3) is 0.647. The minimum atomic E-state index is 0.151. The summed E-state index contributed by atoms with van der Waals surface area (Å²) in [6, 6.07) is 8.86. The first kappa shape index (κ1) is 15.7. The molecule has 0 aliphatic carbocycles. The molecule has 2 nitrogen and oxygen atoms in total. The molecule has 21 heavy (non-hydrogen) atoms. The second-order valence-corrected chi connectivity index (χ2v) is 8.49. The number of hydrogen-bond donors (Lipinski definition) is 1. The highest BCUT2D eigenvalue weighted by molar-refractivity contribution is 7.99. The van der Waals surface area contributed by atoms with Crippen molar-refractivity contribution in [2.24, 2.45) is 11.7 Å². The molecule has 0 saturated carbocycles. The highest BCUT2D eigenvalue weighted by atomic mass is 32.2. The van der Waals surface area contributed by atoms with Crippen molar-refractivity contribution in [3.05, 3.63) is 29.8 Å². The fourth-order valence-corrected chi connectivity index (χ4v) is 5.83. The van der Waals surface area contributed by atoms with Crippen LogP contribution >= 0.6 is 23.5 Å². The summed E-state index contributed by atoms with van der Waals surface area (Å²) in [6.45, 7) is 3.07. The molecule has 1 aromatic rings. The van der Waals surface area contributed by atoms with Crippen molar-refractivity contribution in [1.82, 2.24) is 0 Å². The third-order valence-electron chi connectivity index (χ3n) is 4.73. The van der Waals surface area contributed by atoms with Crippen LogP contribution in [-0.4, -0.2) is 35.5 Å². The van der Waals surface area contributed by atoms with Crippen LogP contribution in [0.15, 0.2) is 29.2 Å². The minimum Gasteiger partial charge on any atom is -0.374 e. The monoisotopic (exact) mass is 323 g/mol. The number of aryl methyl sites for hydroxylation is 1. The van der Waals surface area contributed by atoms with E-state index in [0.717, 1.165) is 25.2 Å². The average Bonchev–Trinajstić information content (AvgIpc) is 2.94. The molecule has 0 amide bonds. The molecular formula is C17H25NOS2. The first-order valence-corrected chi connectivity index (χ1v) is 9.98. The van der Waals surface area contributed by atoms with E-state index in [2.05, 4.69) is 31.2 Å². The number of ether oxygens (including phenoxy) is 1. The molecule has 2 aliphatic heterocycles. The lowest BCUT2D eigenvalue weighted by Crippen LogP contribution is -2.46. The van der Waals surface area contributed by atoms with Crippen molar-refractivity contribution in [1.29, 1.82) is 0 Å². The Morgan fingerprint density at radius 1 is 1.48 bits per heavy atom. The van der Waals surface area contributed by atoms with E-state index in [1.54, 1.807) is 0 Å². The molecule has 2 heterocycles. The molecule has 1 spiro atoms. The highest BCUT2D eigenvalue weighted by Crippen LogP contribution is 2.41. The van der Waals surface area contributed by atoms with E-state index in [-0.39, 0.29) is 11.6 Å². The molecule has 3 rings (SSSR count). The zero-order valence-corrected chi connectivity index (χ0v) is 14.3. The van der Waals surface area contributed by atoms with Crippen LogP contribution in [0.1, 0.15) is 24.8 Å². The summed E-state index contributed by atoms with van der Waals surface area (Å²) in [4.78, 5) is 1.37. The Labute approximate surface area is 136 Å². The van der Waals surface area contributed by atoms with Gasteiger partial charge < -0.3 is 10.5 Å². The summed E-state index contributed by atoms with van der Waals surface area (Å²) in [6.07, 6.45) is 3.50. The van der Waals surface area contributed by atoms with Crippen molar-refractivity contribution in [3.8, 4) is 0 Å². The van der Waals surface area contributed by atoms with Gasteiger partial charge in [-0.3, -0.25) is 0 Å². The molecular weight excluding hydrogens is 298 g/mol. The van der Waals surface area contributed by atoms with Gasteiger partial charge in [0.1, 0.15) is 0 Å². The third kappa shape index (κ3) is 3.79. The van der Waals surface area contributed by atoms with Crippen LogP contribution in [0.2, 0.25) is 0 Å². The third-order valence-corrected chi connectivity index (χ3v) is 7.27. The van der Waals surface area contributed by atoms with Crippen LogP contribution < -0.4 is 5.73 Å². The van der Waals surface area contributed by atoms with Gasteiger partial charge >= 0.3 is 0 Å². The first-order chi connectivity index (χ1) is 10.2. The van der Waals surface area contributed by atoms with Crippen molar-refractivity contribution in [3.63, 3.8) is 0 Å². The quantitative estimate of drug-likeness (QED) is 0.857. The number of thioether (sulfide) groups is 2. The smallest absolute Gasteiger partial charge is 0.0783 e. The van der Waals surface area contributed by atoms with Crippen molar-refractivity contribution in [2.75, 3.05) is 23.9 Å². The summed E-state index contributed by atoms with van der Waals surface area (Å²) in [5, 5.41) is 0. The maximum atomic E-state index is 6.51. The van der Waals surface area contributed by atoms with Crippen molar-refractivity contribution < 1.29 is 4.74 Å². The highest BCUT2D eigenvalue weighted by Gasteiger charge is 2.41. The molecule has 2 fully saturated rings. The van der Waals surface area contributed by atoms with Crippen LogP contribution in [0, 0.1) is 12.8 Å². The Balaban J connectivity index is 1.55. The zero-order chi connectivity index (χ0) is 14.7. The Kier molecular flexibility index (Phi) is 5.20.